The Morgan fingerprint density at radius 1 is 1.22 bits per heavy atom. The van der Waals surface area contributed by atoms with Gasteiger partial charge in [-0.2, -0.15) is 0 Å². The smallest absolute Gasteiger partial charge is 0.258 e. The van der Waals surface area contributed by atoms with Crippen LogP contribution in [0.25, 0.3) is 27.3 Å². The van der Waals surface area contributed by atoms with Gasteiger partial charge in [-0.3, -0.25) is 14.2 Å². The van der Waals surface area contributed by atoms with E-state index in [1.807, 2.05) is 12.1 Å². The Kier molecular flexibility index (Phi) is 3.93. The van der Waals surface area contributed by atoms with Crippen molar-refractivity contribution in [3.05, 3.63) is 53.0 Å². The minimum absolute atomic E-state index is 0.0875. The summed E-state index contributed by atoms with van der Waals surface area (Å²) in [5.74, 6) is 0.479. The third kappa shape index (κ3) is 2.63. The SMILES string of the molecule is CCCN1CCC(c2cn3c4cc[nH]c(=O)c4c4cnccc4c3n2)CC1. The Hall–Kier alpha value is -2.73. The fourth-order valence-corrected chi connectivity index (χ4v) is 4.46. The first-order valence-corrected chi connectivity index (χ1v) is 9.74. The third-order valence-corrected chi connectivity index (χ3v) is 5.80. The Labute approximate surface area is 156 Å². The number of H-pyrrole nitrogens is 1. The van der Waals surface area contributed by atoms with Crippen LogP contribution in [0.5, 0.6) is 0 Å². The number of hydrogen-bond acceptors (Lipinski definition) is 4. The lowest BCUT2D eigenvalue weighted by molar-refractivity contribution is 0.211. The van der Waals surface area contributed by atoms with Crippen LogP contribution in [0.4, 0.5) is 0 Å². The Morgan fingerprint density at radius 3 is 2.89 bits per heavy atom. The summed E-state index contributed by atoms with van der Waals surface area (Å²) in [6.07, 6.45) is 10.9. The van der Waals surface area contributed by atoms with Crippen LogP contribution in [0.1, 0.15) is 37.8 Å². The zero-order valence-electron chi connectivity index (χ0n) is 15.5. The second-order valence-electron chi connectivity index (χ2n) is 7.46. The highest BCUT2D eigenvalue weighted by Gasteiger charge is 2.23. The molecule has 0 atom stereocenters. The summed E-state index contributed by atoms with van der Waals surface area (Å²) in [5, 5.41) is 2.51. The molecule has 1 fully saturated rings. The number of piperidine rings is 1. The highest BCUT2D eigenvalue weighted by atomic mass is 16.1. The van der Waals surface area contributed by atoms with Gasteiger partial charge in [0.15, 0.2) is 0 Å². The average Bonchev–Trinajstić information content (AvgIpc) is 3.15. The second-order valence-corrected chi connectivity index (χ2v) is 7.46. The van der Waals surface area contributed by atoms with Gasteiger partial charge >= 0.3 is 0 Å². The summed E-state index contributed by atoms with van der Waals surface area (Å²) in [7, 11) is 0. The van der Waals surface area contributed by atoms with Gasteiger partial charge in [0, 0.05) is 41.5 Å². The predicted octanol–water partition coefficient (Wildman–Crippen LogP) is 3.31. The second kappa shape index (κ2) is 6.46. The van der Waals surface area contributed by atoms with Crippen LogP contribution in [0, 0.1) is 0 Å². The molecule has 1 aliphatic heterocycles. The van der Waals surface area contributed by atoms with Gasteiger partial charge in [-0.05, 0) is 51.0 Å². The van der Waals surface area contributed by atoms with Gasteiger partial charge in [0.25, 0.3) is 5.56 Å². The molecule has 0 radical (unpaired) electrons. The Balaban J connectivity index is 1.68. The molecule has 0 amide bonds. The van der Waals surface area contributed by atoms with Crippen LogP contribution in [-0.2, 0) is 0 Å². The Morgan fingerprint density at radius 2 is 2.07 bits per heavy atom. The van der Waals surface area contributed by atoms with Crippen molar-refractivity contribution in [2.24, 2.45) is 0 Å². The van der Waals surface area contributed by atoms with Gasteiger partial charge in [-0.1, -0.05) is 6.92 Å². The van der Waals surface area contributed by atoms with Crippen LogP contribution in [0.2, 0.25) is 0 Å². The maximum absolute atomic E-state index is 12.5. The molecule has 1 aliphatic rings. The van der Waals surface area contributed by atoms with Gasteiger partial charge in [-0.25, -0.2) is 4.98 Å². The number of likely N-dealkylation sites (tertiary alicyclic amines) is 1. The highest BCUT2D eigenvalue weighted by Crippen LogP contribution is 2.31. The largest absolute Gasteiger partial charge is 0.328 e. The van der Waals surface area contributed by atoms with Crippen molar-refractivity contribution in [1.82, 2.24) is 24.3 Å². The fourth-order valence-electron chi connectivity index (χ4n) is 4.46. The number of aromatic amines is 1. The molecule has 4 aromatic heterocycles. The van der Waals surface area contributed by atoms with Gasteiger partial charge in [0.05, 0.1) is 16.6 Å². The molecule has 1 saturated heterocycles. The lowest BCUT2D eigenvalue weighted by atomic mass is 9.94. The van der Waals surface area contributed by atoms with E-state index in [0.717, 1.165) is 53.6 Å². The molecule has 4 aromatic rings. The number of rotatable bonds is 3. The van der Waals surface area contributed by atoms with Crippen molar-refractivity contribution in [3.8, 4) is 0 Å². The lowest BCUT2D eigenvalue weighted by Crippen LogP contribution is -2.33. The number of nitrogens with zero attached hydrogens (tertiary/aromatic N) is 4. The zero-order valence-corrected chi connectivity index (χ0v) is 15.5. The van der Waals surface area contributed by atoms with Crippen molar-refractivity contribution < 1.29 is 0 Å². The van der Waals surface area contributed by atoms with Crippen LogP contribution in [0.15, 0.2) is 41.7 Å². The maximum atomic E-state index is 12.5. The van der Waals surface area contributed by atoms with Crippen LogP contribution in [0.3, 0.4) is 0 Å². The van der Waals surface area contributed by atoms with Gasteiger partial charge < -0.3 is 9.88 Å². The van der Waals surface area contributed by atoms with Crippen molar-refractivity contribution in [1.29, 1.82) is 0 Å². The number of hydrogen-bond donors (Lipinski definition) is 1. The number of imidazole rings is 1. The molecule has 0 bridgehead atoms. The highest BCUT2D eigenvalue weighted by molar-refractivity contribution is 6.10. The minimum Gasteiger partial charge on any atom is -0.328 e. The van der Waals surface area contributed by atoms with E-state index < -0.39 is 0 Å². The summed E-state index contributed by atoms with van der Waals surface area (Å²) >= 11 is 0. The number of pyridine rings is 3. The van der Waals surface area contributed by atoms with E-state index in [0.29, 0.717) is 11.3 Å². The average molecular weight is 361 g/mol. The van der Waals surface area contributed by atoms with Gasteiger partial charge in [0.1, 0.15) is 5.65 Å². The van der Waals surface area contributed by atoms with Crippen LogP contribution < -0.4 is 5.56 Å². The summed E-state index contributed by atoms with van der Waals surface area (Å²) in [6.45, 7) is 5.69. The molecule has 0 aliphatic carbocycles. The molecular weight excluding hydrogens is 338 g/mol. The lowest BCUT2D eigenvalue weighted by Gasteiger charge is -2.30. The van der Waals surface area contributed by atoms with E-state index >= 15 is 0 Å². The molecule has 0 saturated carbocycles. The summed E-state index contributed by atoms with van der Waals surface area (Å²) in [4.78, 5) is 27.1. The van der Waals surface area contributed by atoms with Crippen molar-refractivity contribution in [2.75, 3.05) is 19.6 Å². The molecule has 1 N–H and O–H groups in total. The van der Waals surface area contributed by atoms with Gasteiger partial charge in [0.2, 0.25) is 0 Å². The van der Waals surface area contributed by atoms with Gasteiger partial charge in [-0.15, -0.1) is 0 Å². The molecule has 0 spiro atoms. The van der Waals surface area contributed by atoms with E-state index in [4.69, 9.17) is 4.98 Å². The normalized spacial score (nSPS) is 16.6. The van der Waals surface area contributed by atoms with E-state index in [1.54, 1.807) is 18.6 Å². The maximum Gasteiger partial charge on any atom is 0.258 e. The number of nitrogens with one attached hydrogen (secondary N) is 1. The van der Waals surface area contributed by atoms with E-state index in [9.17, 15) is 4.79 Å². The van der Waals surface area contributed by atoms with Crippen LogP contribution >= 0.6 is 0 Å². The summed E-state index contributed by atoms with van der Waals surface area (Å²) < 4.78 is 2.08. The standard InChI is InChI=1S/C21H23N5O/c1-2-9-25-10-5-14(6-11-25)17-13-26-18-4-8-23-21(27)19(18)16-12-22-7-3-15(16)20(26)24-17/h3-4,7-8,12-14H,2,5-6,9-11H2,1H3,(H,23,27). The molecule has 138 valence electrons. The molecule has 0 unspecified atom stereocenters. The topological polar surface area (TPSA) is 66.3 Å². The van der Waals surface area contributed by atoms with E-state index in [-0.39, 0.29) is 5.56 Å². The first-order valence-electron chi connectivity index (χ1n) is 9.74. The summed E-state index contributed by atoms with van der Waals surface area (Å²) in [6, 6.07) is 3.91. The van der Waals surface area contributed by atoms with Crippen molar-refractivity contribution in [2.45, 2.75) is 32.1 Å². The predicted molar refractivity (Wildman–Crippen MR) is 107 cm³/mol. The zero-order chi connectivity index (χ0) is 18.4. The Bertz CT molecular complexity index is 1180. The molecule has 0 aromatic carbocycles. The quantitative estimate of drug-likeness (QED) is 0.569. The molecule has 6 heteroatoms. The molecule has 5 heterocycles. The first kappa shape index (κ1) is 16.4. The summed E-state index contributed by atoms with van der Waals surface area (Å²) in [5.41, 5.74) is 2.85. The molecular formula is C21H23N5O. The van der Waals surface area contributed by atoms with Crippen molar-refractivity contribution in [3.63, 3.8) is 0 Å². The molecule has 6 nitrogen and oxygen atoms in total. The molecule has 27 heavy (non-hydrogen) atoms. The third-order valence-electron chi connectivity index (χ3n) is 5.80. The van der Waals surface area contributed by atoms with E-state index in [1.165, 1.54) is 13.0 Å². The monoisotopic (exact) mass is 361 g/mol. The number of aromatic nitrogens is 4. The van der Waals surface area contributed by atoms with E-state index in [2.05, 4.69) is 32.4 Å². The van der Waals surface area contributed by atoms with Crippen molar-refractivity contribution >= 4 is 27.3 Å². The fraction of sp³-hybridized carbons (Fsp3) is 0.381. The number of fused-ring (bicyclic) bond motifs is 6. The first-order chi connectivity index (χ1) is 13.3. The molecule has 5 rings (SSSR count). The van der Waals surface area contributed by atoms with Crippen LogP contribution in [-0.4, -0.2) is 43.9 Å². The minimum atomic E-state index is -0.0875.